The van der Waals surface area contributed by atoms with E-state index >= 15 is 0 Å². The number of benzene rings is 1. The Balaban J connectivity index is 1.85. The molecule has 158 valence electrons. The fourth-order valence-corrected chi connectivity index (χ4v) is 2.67. The van der Waals surface area contributed by atoms with E-state index in [1.54, 1.807) is 18.2 Å². The molecule has 0 radical (unpaired) electrons. The van der Waals surface area contributed by atoms with Gasteiger partial charge in [-0.1, -0.05) is 6.07 Å². The molecule has 0 aliphatic rings. The first-order valence-corrected chi connectivity index (χ1v) is 8.92. The monoisotopic (exact) mass is 427 g/mol. The summed E-state index contributed by atoms with van der Waals surface area (Å²) >= 11 is 0. The van der Waals surface area contributed by atoms with Gasteiger partial charge in [0.25, 0.3) is 0 Å². The number of halogens is 3. The number of aryl methyl sites for hydroxylation is 1. The Hall–Kier alpha value is -4.07. The Kier molecular flexibility index (Phi) is 6.10. The maximum absolute atomic E-state index is 12.9. The van der Waals surface area contributed by atoms with E-state index in [1.165, 1.54) is 24.3 Å². The molecule has 0 unspecified atom stereocenters. The molecule has 2 heterocycles. The van der Waals surface area contributed by atoms with Crippen LogP contribution >= 0.6 is 0 Å². The van der Waals surface area contributed by atoms with E-state index in [2.05, 4.69) is 25.3 Å². The number of nitrogens with one attached hydrogen (secondary N) is 1. The van der Waals surface area contributed by atoms with Crippen LogP contribution in [0.4, 0.5) is 30.8 Å². The minimum atomic E-state index is -4.57. The molecule has 31 heavy (non-hydrogen) atoms. The smallest absolute Gasteiger partial charge is 0.324 e. The molecule has 0 atom stereocenters. The summed E-state index contributed by atoms with van der Waals surface area (Å²) in [7, 11) is 1.47. The molecule has 3 aromatic rings. The molecule has 0 saturated heterocycles. The summed E-state index contributed by atoms with van der Waals surface area (Å²) in [6.45, 7) is 1.82. The second-order valence-electron chi connectivity index (χ2n) is 6.54. The third-order valence-electron chi connectivity index (χ3n) is 4.16. The van der Waals surface area contributed by atoms with Gasteiger partial charge in [-0.05, 0) is 36.2 Å². The molecule has 0 bridgehead atoms. The van der Waals surface area contributed by atoms with Crippen molar-refractivity contribution in [2.45, 2.75) is 19.5 Å². The normalized spacial score (nSPS) is 11.0. The average molecular weight is 427 g/mol. The van der Waals surface area contributed by atoms with Gasteiger partial charge >= 0.3 is 6.18 Å². The maximum Gasteiger partial charge on any atom is 0.433 e. The van der Waals surface area contributed by atoms with Crippen LogP contribution in [0.2, 0.25) is 0 Å². The van der Waals surface area contributed by atoms with E-state index in [-0.39, 0.29) is 18.3 Å². The first-order valence-electron chi connectivity index (χ1n) is 8.92. The lowest BCUT2D eigenvalue weighted by molar-refractivity contribution is -0.141. The predicted molar refractivity (Wildman–Crippen MR) is 106 cm³/mol. The number of hydrogen-bond donors (Lipinski definition) is 1. The summed E-state index contributed by atoms with van der Waals surface area (Å²) in [5.41, 5.74) is 1.60. The van der Waals surface area contributed by atoms with Crippen LogP contribution in [-0.4, -0.2) is 32.9 Å². The number of carbonyl (C=O) groups is 1. The number of alkyl halides is 3. The highest BCUT2D eigenvalue weighted by Gasteiger charge is 2.32. The number of carbonyl (C=O) groups excluding carboxylic acids is 1. The molecular formula is C20H16F3N7O. The molecule has 0 spiro atoms. The van der Waals surface area contributed by atoms with Crippen molar-refractivity contribution >= 4 is 23.5 Å². The van der Waals surface area contributed by atoms with Crippen LogP contribution in [0.25, 0.3) is 11.1 Å². The number of rotatable bonds is 5. The number of amides is 1. The second-order valence-corrected chi connectivity index (χ2v) is 6.54. The summed E-state index contributed by atoms with van der Waals surface area (Å²) in [6.07, 6.45) is -0.800. The molecule has 0 fully saturated rings. The molecule has 2 aromatic heterocycles. The van der Waals surface area contributed by atoms with Crippen LogP contribution in [0.1, 0.15) is 17.7 Å². The first kappa shape index (κ1) is 21.6. The largest absolute Gasteiger partial charge is 0.433 e. The van der Waals surface area contributed by atoms with E-state index < -0.39 is 17.8 Å². The predicted octanol–water partition coefficient (Wildman–Crippen LogP) is 3.88. The van der Waals surface area contributed by atoms with Crippen molar-refractivity contribution in [2.75, 3.05) is 17.3 Å². The zero-order chi connectivity index (χ0) is 22.6. The van der Waals surface area contributed by atoms with Gasteiger partial charge in [0.05, 0.1) is 6.07 Å². The summed E-state index contributed by atoms with van der Waals surface area (Å²) in [6, 6.07) is 7.84. The minimum Gasteiger partial charge on any atom is -0.324 e. The third-order valence-corrected chi connectivity index (χ3v) is 4.16. The number of hydrogen-bond acceptors (Lipinski definition) is 7. The molecule has 0 aliphatic heterocycles. The molecule has 1 aromatic carbocycles. The number of nitrogens with zero attached hydrogens (tertiary/aromatic N) is 6. The van der Waals surface area contributed by atoms with Crippen LogP contribution in [0.15, 0.2) is 42.9 Å². The average Bonchev–Trinajstić information content (AvgIpc) is 2.72. The minimum absolute atomic E-state index is 0.146. The van der Waals surface area contributed by atoms with Crippen molar-refractivity contribution in [3.63, 3.8) is 0 Å². The van der Waals surface area contributed by atoms with Gasteiger partial charge in [0.2, 0.25) is 17.8 Å². The molecule has 1 amide bonds. The Bertz CT molecular complexity index is 1140. The Morgan fingerprint density at radius 1 is 1.16 bits per heavy atom. The molecule has 3 rings (SSSR count). The zero-order valence-electron chi connectivity index (χ0n) is 16.5. The third kappa shape index (κ3) is 5.30. The van der Waals surface area contributed by atoms with Crippen LogP contribution < -0.4 is 10.2 Å². The highest BCUT2D eigenvalue weighted by atomic mass is 19.4. The van der Waals surface area contributed by atoms with Gasteiger partial charge in [-0.25, -0.2) is 19.9 Å². The standard InChI is InChI=1S/C20H16F3N7O/c1-12-7-13(14-10-26-19(27-11-14)30(2)17(31)3-5-24)9-15(8-12)28-18-25-6-4-16(29-18)20(21,22)23/h4,6-11H,3H2,1-2H3,(H,25,28,29). The van der Waals surface area contributed by atoms with E-state index in [4.69, 9.17) is 5.26 Å². The quantitative estimate of drug-likeness (QED) is 0.658. The summed E-state index contributed by atoms with van der Waals surface area (Å²) in [5, 5.41) is 11.4. The summed E-state index contributed by atoms with van der Waals surface area (Å²) < 4.78 is 38.6. The lowest BCUT2D eigenvalue weighted by Crippen LogP contribution is -2.27. The first-order chi connectivity index (χ1) is 14.7. The highest BCUT2D eigenvalue weighted by Crippen LogP contribution is 2.29. The van der Waals surface area contributed by atoms with Crippen LogP contribution in [0.3, 0.4) is 0 Å². The van der Waals surface area contributed by atoms with E-state index in [0.29, 0.717) is 16.8 Å². The number of anilines is 3. The summed E-state index contributed by atoms with van der Waals surface area (Å²) in [5.74, 6) is -0.471. The molecular weight excluding hydrogens is 411 g/mol. The van der Waals surface area contributed by atoms with E-state index in [0.717, 1.165) is 17.8 Å². The van der Waals surface area contributed by atoms with Crippen LogP contribution in [-0.2, 0) is 11.0 Å². The van der Waals surface area contributed by atoms with Gasteiger partial charge in [0.1, 0.15) is 12.1 Å². The number of aromatic nitrogens is 4. The maximum atomic E-state index is 12.9. The topological polar surface area (TPSA) is 108 Å². The zero-order valence-corrected chi connectivity index (χ0v) is 16.5. The Morgan fingerprint density at radius 2 is 1.87 bits per heavy atom. The second kappa shape index (κ2) is 8.74. The molecule has 1 N–H and O–H groups in total. The van der Waals surface area contributed by atoms with Crippen molar-refractivity contribution in [2.24, 2.45) is 0 Å². The Labute approximate surface area is 175 Å². The lowest BCUT2D eigenvalue weighted by Gasteiger charge is -2.14. The van der Waals surface area contributed by atoms with E-state index in [1.807, 2.05) is 13.0 Å². The molecule has 11 heteroatoms. The van der Waals surface area contributed by atoms with Crippen molar-refractivity contribution in [3.8, 4) is 17.2 Å². The van der Waals surface area contributed by atoms with Gasteiger partial charge in [0, 0.05) is 36.9 Å². The SMILES string of the molecule is Cc1cc(Nc2nccc(C(F)(F)F)n2)cc(-c2cnc(N(C)C(=O)CC#N)nc2)c1. The van der Waals surface area contributed by atoms with Crippen molar-refractivity contribution < 1.29 is 18.0 Å². The molecule has 0 saturated carbocycles. The van der Waals surface area contributed by atoms with Crippen molar-refractivity contribution in [1.29, 1.82) is 5.26 Å². The fourth-order valence-electron chi connectivity index (χ4n) is 2.67. The van der Waals surface area contributed by atoms with Gasteiger partial charge in [-0.3, -0.25) is 9.69 Å². The molecule has 0 aliphatic carbocycles. The van der Waals surface area contributed by atoms with Crippen molar-refractivity contribution in [1.82, 2.24) is 19.9 Å². The van der Waals surface area contributed by atoms with Gasteiger partial charge < -0.3 is 5.32 Å². The lowest BCUT2D eigenvalue weighted by atomic mass is 10.1. The van der Waals surface area contributed by atoms with Gasteiger partial charge in [-0.2, -0.15) is 18.4 Å². The summed E-state index contributed by atoms with van der Waals surface area (Å²) in [4.78, 5) is 28.6. The number of nitriles is 1. The van der Waals surface area contributed by atoms with Crippen LogP contribution in [0.5, 0.6) is 0 Å². The molecule has 8 nitrogen and oxygen atoms in total. The van der Waals surface area contributed by atoms with Crippen molar-refractivity contribution in [3.05, 3.63) is 54.1 Å². The fraction of sp³-hybridized carbons (Fsp3) is 0.200. The Morgan fingerprint density at radius 3 is 2.52 bits per heavy atom. The van der Waals surface area contributed by atoms with Gasteiger partial charge in [-0.15, -0.1) is 0 Å². The van der Waals surface area contributed by atoms with E-state index in [9.17, 15) is 18.0 Å². The van der Waals surface area contributed by atoms with Gasteiger partial charge in [0.15, 0.2) is 0 Å². The van der Waals surface area contributed by atoms with Crippen LogP contribution in [0, 0.1) is 18.3 Å². The highest BCUT2D eigenvalue weighted by molar-refractivity contribution is 5.92.